The Kier molecular flexibility index (Phi) is 5.91. The first-order valence-electron chi connectivity index (χ1n) is 9.29. The molecule has 1 aliphatic heterocycles. The van der Waals surface area contributed by atoms with Gasteiger partial charge >= 0.3 is 0 Å². The summed E-state index contributed by atoms with van der Waals surface area (Å²) in [4.78, 5) is 27.2. The van der Waals surface area contributed by atoms with Gasteiger partial charge in [0.25, 0.3) is 5.91 Å². The van der Waals surface area contributed by atoms with E-state index in [0.29, 0.717) is 11.3 Å². The highest BCUT2D eigenvalue weighted by molar-refractivity contribution is 5.98. The second-order valence-electron chi connectivity index (χ2n) is 9.01. The van der Waals surface area contributed by atoms with Crippen molar-refractivity contribution in [3.8, 4) is 0 Å². The number of nitrogens with one attached hydrogen (secondary N) is 1. The highest BCUT2D eigenvalue weighted by Crippen LogP contribution is 2.34. The minimum absolute atomic E-state index is 0.00926. The standard InChI is InChI=1S/C21H32N2O2/c1-20(2,3)15-21(4,5)19(25)22-17-11-9-10-16(14-17)18(24)23-12-7-6-8-13-23/h9-11,14H,6-8,12-13,15H2,1-5H3,(H,22,25). The summed E-state index contributed by atoms with van der Waals surface area (Å²) < 4.78 is 0. The van der Waals surface area contributed by atoms with Crippen molar-refractivity contribution in [1.82, 2.24) is 4.90 Å². The molecule has 1 saturated heterocycles. The molecule has 1 fully saturated rings. The first kappa shape index (κ1) is 19.5. The van der Waals surface area contributed by atoms with E-state index in [0.717, 1.165) is 32.4 Å². The van der Waals surface area contributed by atoms with Crippen LogP contribution in [0.25, 0.3) is 0 Å². The quantitative estimate of drug-likeness (QED) is 0.859. The molecule has 4 heteroatoms. The number of piperidine rings is 1. The lowest BCUT2D eigenvalue weighted by Crippen LogP contribution is -2.36. The molecule has 0 aromatic heterocycles. The normalized spacial score (nSPS) is 15.8. The fraction of sp³-hybridized carbons (Fsp3) is 0.619. The molecular formula is C21H32N2O2. The number of hydrogen-bond donors (Lipinski definition) is 1. The van der Waals surface area contributed by atoms with Crippen molar-refractivity contribution in [3.05, 3.63) is 29.8 Å². The number of amides is 2. The van der Waals surface area contributed by atoms with Gasteiger partial charge in [-0.1, -0.05) is 40.7 Å². The lowest BCUT2D eigenvalue weighted by Gasteiger charge is -2.31. The Hall–Kier alpha value is -1.84. The molecule has 2 amide bonds. The monoisotopic (exact) mass is 344 g/mol. The van der Waals surface area contributed by atoms with Crippen molar-refractivity contribution in [3.63, 3.8) is 0 Å². The van der Waals surface area contributed by atoms with Crippen LogP contribution in [0.15, 0.2) is 24.3 Å². The van der Waals surface area contributed by atoms with Crippen LogP contribution in [0, 0.1) is 10.8 Å². The lowest BCUT2D eigenvalue weighted by atomic mass is 9.75. The largest absolute Gasteiger partial charge is 0.339 e. The third-order valence-corrected chi connectivity index (χ3v) is 4.60. The van der Waals surface area contributed by atoms with Gasteiger partial charge in [0.2, 0.25) is 5.91 Å². The molecule has 1 aromatic carbocycles. The van der Waals surface area contributed by atoms with Gasteiger partial charge in [0.15, 0.2) is 0 Å². The molecule has 1 N–H and O–H groups in total. The van der Waals surface area contributed by atoms with Gasteiger partial charge in [0.1, 0.15) is 0 Å². The van der Waals surface area contributed by atoms with Crippen LogP contribution in [-0.2, 0) is 4.79 Å². The zero-order chi connectivity index (χ0) is 18.7. The van der Waals surface area contributed by atoms with Crippen LogP contribution in [0.1, 0.15) is 70.7 Å². The fourth-order valence-corrected chi connectivity index (χ4v) is 3.72. The van der Waals surface area contributed by atoms with Crippen molar-refractivity contribution in [2.24, 2.45) is 10.8 Å². The minimum atomic E-state index is -0.467. The maximum atomic E-state index is 12.7. The number of carbonyl (C=O) groups excluding carboxylic acids is 2. The van der Waals surface area contributed by atoms with Gasteiger partial charge in [0, 0.05) is 29.8 Å². The first-order valence-corrected chi connectivity index (χ1v) is 9.29. The third-order valence-electron chi connectivity index (χ3n) is 4.60. The Morgan fingerprint density at radius 3 is 2.28 bits per heavy atom. The Morgan fingerprint density at radius 2 is 1.68 bits per heavy atom. The maximum Gasteiger partial charge on any atom is 0.253 e. The number of nitrogens with zero attached hydrogens (tertiary/aromatic N) is 1. The van der Waals surface area contributed by atoms with Gasteiger partial charge in [-0.15, -0.1) is 0 Å². The number of rotatable bonds is 4. The summed E-state index contributed by atoms with van der Waals surface area (Å²) >= 11 is 0. The molecule has 0 bridgehead atoms. The molecule has 0 aliphatic carbocycles. The van der Waals surface area contributed by atoms with E-state index in [-0.39, 0.29) is 17.2 Å². The van der Waals surface area contributed by atoms with Gasteiger partial charge in [-0.3, -0.25) is 9.59 Å². The van der Waals surface area contributed by atoms with Crippen LogP contribution in [0.3, 0.4) is 0 Å². The van der Waals surface area contributed by atoms with E-state index < -0.39 is 5.41 Å². The highest BCUT2D eigenvalue weighted by Gasteiger charge is 2.32. The average Bonchev–Trinajstić information content (AvgIpc) is 2.53. The second kappa shape index (κ2) is 7.59. The van der Waals surface area contributed by atoms with E-state index in [2.05, 4.69) is 26.1 Å². The van der Waals surface area contributed by atoms with E-state index >= 15 is 0 Å². The van der Waals surface area contributed by atoms with E-state index in [9.17, 15) is 9.59 Å². The summed E-state index contributed by atoms with van der Waals surface area (Å²) in [5.74, 6) is 0.0507. The first-order chi connectivity index (χ1) is 11.6. The molecule has 1 aliphatic rings. The van der Waals surface area contributed by atoms with E-state index in [4.69, 9.17) is 0 Å². The predicted molar refractivity (Wildman–Crippen MR) is 103 cm³/mol. The van der Waals surface area contributed by atoms with Crippen LogP contribution in [0.2, 0.25) is 0 Å². The predicted octanol–water partition coefficient (Wildman–Crippen LogP) is 4.71. The van der Waals surface area contributed by atoms with Crippen molar-refractivity contribution in [1.29, 1.82) is 0 Å². The summed E-state index contributed by atoms with van der Waals surface area (Å²) in [6, 6.07) is 7.30. The van der Waals surface area contributed by atoms with Crippen molar-refractivity contribution >= 4 is 17.5 Å². The molecule has 1 heterocycles. The zero-order valence-corrected chi connectivity index (χ0v) is 16.3. The number of anilines is 1. The van der Waals surface area contributed by atoms with Crippen LogP contribution < -0.4 is 5.32 Å². The molecule has 0 unspecified atom stereocenters. The van der Waals surface area contributed by atoms with Crippen LogP contribution in [-0.4, -0.2) is 29.8 Å². The van der Waals surface area contributed by atoms with Gasteiger partial charge in [-0.25, -0.2) is 0 Å². The Balaban J connectivity index is 2.08. The van der Waals surface area contributed by atoms with Crippen molar-refractivity contribution in [2.45, 2.75) is 60.3 Å². The minimum Gasteiger partial charge on any atom is -0.339 e. The molecule has 0 atom stereocenters. The zero-order valence-electron chi connectivity index (χ0n) is 16.3. The third kappa shape index (κ3) is 5.58. The number of benzene rings is 1. The number of likely N-dealkylation sites (tertiary alicyclic amines) is 1. The Bertz CT molecular complexity index is 623. The second-order valence-corrected chi connectivity index (χ2v) is 9.01. The van der Waals surface area contributed by atoms with Gasteiger partial charge in [-0.2, -0.15) is 0 Å². The molecule has 1 aromatic rings. The topological polar surface area (TPSA) is 49.4 Å². The fourth-order valence-electron chi connectivity index (χ4n) is 3.72. The van der Waals surface area contributed by atoms with Crippen LogP contribution in [0.4, 0.5) is 5.69 Å². The van der Waals surface area contributed by atoms with Crippen LogP contribution >= 0.6 is 0 Å². The van der Waals surface area contributed by atoms with Crippen molar-refractivity contribution < 1.29 is 9.59 Å². The van der Waals surface area contributed by atoms with Gasteiger partial charge < -0.3 is 10.2 Å². The van der Waals surface area contributed by atoms with E-state index in [1.54, 1.807) is 6.07 Å². The number of carbonyl (C=O) groups is 2. The Morgan fingerprint density at radius 1 is 1.04 bits per heavy atom. The summed E-state index contributed by atoms with van der Waals surface area (Å²) in [5.41, 5.74) is 0.945. The highest BCUT2D eigenvalue weighted by atomic mass is 16.2. The number of hydrogen-bond acceptors (Lipinski definition) is 2. The molecule has 2 rings (SSSR count). The molecule has 138 valence electrons. The van der Waals surface area contributed by atoms with E-state index in [1.165, 1.54) is 6.42 Å². The molecule has 4 nitrogen and oxygen atoms in total. The van der Waals surface area contributed by atoms with Crippen LogP contribution in [0.5, 0.6) is 0 Å². The average molecular weight is 344 g/mol. The molecule has 0 saturated carbocycles. The molecule has 25 heavy (non-hydrogen) atoms. The summed E-state index contributed by atoms with van der Waals surface area (Å²) in [7, 11) is 0. The summed E-state index contributed by atoms with van der Waals surface area (Å²) in [6.07, 6.45) is 4.13. The molecule has 0 spiro atoms. The Labute approximate surface area is 152 Å². The van der Waals surface area contributed by atoms with Gasteiger partial charge in [-0.05, 0) is 49.3 Å². The summed E-state index contributed by atoms with van der Waals surface area (Å²) in [5, 5.41) is 2.99. The lowest BCUT2D eigenvalue weighted by molar-refractivity contribution is -0.125. The summed E-state index contributed by atoms with van der Waals surface area (Å²) in [6.45, 7) is 12.0. The van der Waals surface area contributed by atoms with Crippen molar-refractivity contribution in [2.75, 3.05) is 18.4 Å². The van der Waals surface area contributed by atoms with E-state index in [1.807, 2.05) is 36.9 Å². The maximum absolute atomic E-state index is 12.7. The van der Waals surface area contributed by atoms with Gasteiger partial charge in [0.05, 0.1) is 0 Å². The SMILES string of the molecule is CC(C)(C)CC(C)(C)C(=O)Nc1cccc(C(=O)N2CCCCC2)c1. The smallest absolute Gasteiger partial charge is 0.253 e. The molecule has 0 radical (unpaired) electrons. The molecular weight excluding hydrogens is 312 g/mol.